The molecule has 0 spiro atoms. The highest BCUT2D eigenvalue weighted by molar-refractivity contribution is 5.71. The van der Waals surface area contributed by atoms with Crippen molar-refractivity contribution >= 4 is 17.9 Å². The number of nitrogens with one attached hydrogen (secondary N) is 1. The molecule has 2 aromatic heterocycles. The van der Waals surface area contributed by atoms with Crippen LogP contribution in [-0.4, -0.2) is 26.2 Å². The predicted octanol–water partition coefficient (Wildman–Crippen LogP) is 3.37. The predicted molar refractivity (Wildman–Crippen MR) is 103 cm³/mol. The van der Waals surface area contributed by atoms with Gasteiger partial charge in [0, 0.05) is 30.7 Å². The van der Waals surface area contributed by atoms with Crippen molar-refractivity contribution in [1.29, 1.82) is 0 Å². The van der Waals surface area contributed by atoms with Crippen molar-refractivity contribution in [2.75, 3.05) is 0 Å². The van der Waals surface area contributed by atoms with Crippen molar-refractivity contribution in [1.82, 2.24) is 24.8 Å². The first-order chi connectivity index (χ1) is 13.2. The molecular formula is C20H21FN6. The molecule has 1 aliphatic rings. The lowest BCUT2D eigenvalue weighted by Gasteiger charge is -2.26. The zero-order chi connectivity index (χ0) is 18.8. The summed E-state index contributed by atoms with van der Waals surface area (Å²) < 4.78 is 16.6. The monoisotopic (exact) mass is 364 g/mol. The summed E-state index contributed by atoms with van der Waals surface area (Å²) in [4.78, 5) is 15.1. The van der Waals surface area contributed by atoms with E-state index in [4.69, 9.17) is 4.98 Å². The van der Waals surface area contributed by atoms with Crippen LogP contribution in [0.4, 0.5) is 4.39 Å². The van der Waals surface area contributed by atoms with Gasteiger partial charge in [0.15, 0.2) is 5.65 Å². The van der Waals surface area contributed by atoms with Crippen LogP contribution in [0, 0.1) is 5.82 Å². The summed E-state index contributed by atoms with van der Waals surface area (Å²) in [5.41, 5.74) is 3.25. The average molecular weight is 364 g/mol. The van der Waals surface area contributed by atoms with Gasteiger partial charge in [0.2, 0.25) is 0 Å². The topological polar surface area (TPSA) is 58.3 Å². The van der Waals surface area contributed by atoms with Crippen LogP contribution in [0.1, 0.15) is 30.0 Å². The fourth-order valence-corrected chi connectivity index (χ4v) is 3.48. The van der Waals surface area contributed by atoms with Crippen molar-refractivity contribution in [2.45, 2.75) is 32.7 Å². The van der Waals surface area contributed by atoms with E-state index in [9.17, 15) is 4.39 Å². The van der Waals surface area contributed by atoms with E-state index in [-0.39, 0.29) is 12.0 Å². The highest BCUT2D eigenvalue weighted by Crippen LogP contribution is 2.28. The Morgan fingerprint density at radius 3 is 3.04 bits per heavy atom. The van der Waals surface area contributed by atoms with Gasteiger partial charge in [0.05, 0.1) is 13.1 Å². The maximum Gasteiger partial charge on any atom is 0.160 e. The molecule has 3 aromatic rings. The van der Waals surface area contributed by atoms with Gasteiger partial charge in [0.25, 0.3) is 0 Å². The zero-order valence-corrected chi connectivity index (χ0v) is 15.1. The molecule has 1 unspecified atom stereocenters. The van der Waals surface area contributed by atoms with Crippen LogP contribution in [0.25, 0.3) is 11.2 Å². The van der Waals surface area contributed by atoms with Gasteiger partial charge in [-0.1, -0.05) is 6.07 Å². The molecule has 3 heterocycles. The van der Waals surface area contributed by atoms with E-state index in [1.54, 1.807) is 12.3 Å². The number of hydrogen-bond acceptors (Lipinski definition) is 5. The molecule has 1 aliphatic heterocycles. The lowest BCUT2D eigenvalue weighted by Crippen LogP contribution is -2.28. The molecular weight excluding hydrogens is 343 g/mol. The van der Waals surface area contributed by atoms with Crippen molar-refractivity contribution in [3.8, 4) is 0 Å². The van der Waals surface area contributed by atoms with Gasteiger partial charge in [-0.2, -0.15) is 0 Å². The molecule has 4 rings (SSSR count). The second kappa shape index (κ2) is 7.19. The Kier molecular flexibility index (Phi) is 4.58. The molecule has 7 heteroatoms. The number of nitrogens with zero attached hydrogens (tertiary/aromatic N) is 5. The lowest BCUT2D eigenvalue weighted by atomic mass is 10.1. The van der Waals surface area contributed by atoms with Crippen LogP contribution in [0.15, 0.2) is 53.9 Å². The van der Waals surface area contributed by atoms with E-state index in [1.165, 1.54) is 6.07 Å². The average Bonchev–Trinajstić information content (AvgIpc) is 3.27. The minimum Gasteiger partial charge on any atom is -0.366 e. The Morgan fingerprint density at radius 1 is 1.33 bits per heavy atom. The summed E-state index contributed by atoms with van der Waals surface area (Å²) in [5.74, 6) is 0.647. The number of aryl methyl sites for hydroxylation is 1. The number of hydrogen-bond donors (Lipinski definition) is 1. The van der Waals surface area contributed by atoms with E-state index in [0.717, 1.165) is 29.1 Å². The number of aromatic nitrogens is 3. The first kappa shape index (κ1) is 17.2. The SMILES string of the molecule is C=NCc1ccc(F)c(C2NC=CN2Cc2nc3cccnc3n2CC)c1. The number of rotatable bonds is 6. The van der Waals surface area contributed by atoms with E-state index in [0.29, 0.717) is 18.7 Å². The summed E-state index contributed by atoms with van der Waals surface area (Å²) in [6, 6.07) is 8.90. The van der Waals surface area contributed by atoms with Crippen molar-refractivity contribution < 1.29 is 4.39 Å². The van der Waals surface area contributed by atoms with Gasteiger partial charge >= 0.3 is 0 Å². The van der Waals surface area contributed by atoms with E-state index >= 15 is 0 Å². The van der Waals surface area contributed by atoms with E-state index in [1.807, 2.05) is 35.5 Å². The molecule has 0 aliphatic carbocycles. The molecule has 0 saturated carbocycles. The number of benzene rings is 1. The van der Waals surface area contributed by atoms with E-state index < -0.39 is 0 Å². The lowest BCUT2D eigenvalue weighted by molar-refractivity contribution is 0.260. The van der Waals surface area contributed by atoms with Crippen LogP contribution in [-0.2, 0) is 19.6 Å². The molecule has 0 saturated heterocycles. The largest absolute Gasteiger partial charge is 0.366 e. The first-order valence-corrected chi connectivity index (χ1v) is 8.90. The second-order valence-electron chi connectivity index (χ2n) is 6.41. The highest BCUT2D eigenvalue weighted by atomic mass is 19.1. The number of aliphatic imine (C=N–C) groups is 1. The molecule has 138 valence electrons. The Bertz CT molecular complexity index is 1010. The quantitative estimate of drug-likeness (QED) is 0.682. The molecule has 0 amide bonds. The van der Waals surface area contributed by atoms with Gasteiger partial charge in [0.1, 0.15) is 23.3 Å². The van der Waals surface area contributed by atoms with Crippen molar-refractivity contribution in [3.05, 3.63) is 71.7 Å². The number of imidazole rings is 1. The Morgan fingerprint density at radius 2 is 2.22 bits per heavy atom. The summed E-state index contributed by atoms with van der Waals surface area (Å²) >= 11 is 0. The summed E-state index contributed by atoms with van der Waals surface area (Å²) in [6.07, 6.45) is 5.23. The molecule has 6 nitrogen and oxygen atoms in total. The smallest absolute Gasteiger partial charge is 0.160 e. The third-order valence-electron chi connectivity index (χ3n) is 4.72. The van der Waals surface area contributed by atoms with Crippen LogP contribution in [0.3, 0.4) is 0 Å². The normalized spacial score (nSPS) is 16.1. The molecule has 1 N–H and O–H groups in total. The minimum atomic E-state index is -0.298. The maximum atomic E-state index is 14.5. The summed E-state index contributed by atoms with van der Waals surface area (Å²) in [7, 11) is 0. The molecule has 1 aromatic carbocycles. The molecule has 0 bridgehead atoms. The van der Waals surface area contributed by atoms with Gasteiger partial charge in [-0.05, 0) is 43.5 Å². The number of halogens is 1. The maximum absolute atomic E-state index is 14.5. The summed E-state index contributed by atoms with van der Waals surface area (Å²) in [5, 5.41) is 3.23. The molecule has 0 fully saturated rings. The van der Waals surface area contributed by atoms with Crippen LogP contribution in [0.5, 0.6) is 0 Å². The summed E-state index contributed by atoms with van der Waals surface area (Å²) in [6.45, 7) is 7.36. The highest BCUT2D eigenvalue weighted by Gasteiger charge is 2.25. The van der Waals surface area contributed by atoms with E-state index in [2.05, 4.69) is 33.5 Å². The zero-order valence-electron chi connectivity index (χ0n) is 15.1. The van der Waals surface area contributed by atoms with Crippen LogP contribution < -0.4 is 5.32 Å². The fourth-order valence-electron chi connectivity index (χ4n) is 3.48. The van der Waals surface area contributed by atoms with Gasteiger partial charge < -0.3 is 14.8 Å². The van der Waals surface area contributed by atoms with Gasteiger partial charge in [-0.3, -0.25) is 4.99 Å². The van der Waals surface area contributed by atoms with Crippen LogP contribution in [0.2, 0.25) is 0 Å². The van der Waals surface area contributed by atoms with Crippen LogP contribution >= 0.6 is 0 Å². The minimum absolute atomic E-state index is 0.250. The second-order valence-corrected chi connectivity index (χ2v) is 6.41. The van der Waals surface area contributed by atoms with Gasteiger partial charge in [-0.15, -0.1) is 0 Å². The molecule has 1 atom stereocenters. The third kappa shape index (κ3) is 3.16. The Labute approximate surface area is 157 Å². The van der Waals surface area contributed by atoms with Crippen molar-refractivity contribution in [3.63, 3.8) is 0 Å². The number of fused-ring (bicyclic) bond motifs is 1. The first-order valence-electron chi connectivity index (χ1n) is 8.90. The third-order valence-corrected chi connectivity index (χ3v) is 4.72. The molecule has 0 radical (unpaired) electrons. The van der Waals surface area contributed by atoms with Crippen molar-refractivity contribution in [2.24, 2.45) is 4.99 Å². The standard InChI is InChI=1S/C20H21FN6/c1-3-27-18(25-17-5-4-8-23-20(17)27)13-26-10-9-24-19(26)15-11-14(12-22-2)6-7-16(15)21/h4-11,19,24H,2-3,12-13H2,1H3. The Hall–Kier alpha value is -3.22. The number of pyridine rings is 1. The molecule has 27 heavy (non-hydrogen) atoms. The Balaban J connectivity index is 1.66. The fraction of sp³-hybridized carbons (Fsp3) is 0.250. The van der Waals surface area contributed by atoms with Gasteiger partial charge in [-0.25, -0.2) is 14.4 Å².